The monoisotopic (exact) mass is 208 g/mol. The van der Waals surface area contributed by atoms with Crippen LogP contribution in [0.25, 0.3) is 0 Å². The number of hydrogen-bond acceptors (Lipinski definition) is 4. The normalized spacial score (nSPS) is 11.3. The first-order chi connectivity index (χ1) is 6.82. The minimum absolute atomic E-state index is 0.319. The van der Waals surface area contributed by atoms with Crippen LogP contribution < -0.4 is 4.90 Å². The number of Topliss-reactive ketones (excluding diaryl/α,β-unsaturated/α-hetero) is 1. The van der Waals surface area contributed by atoms with E-state index in [0.29, 0.717) is 5.56 Å². The molecule has 0 saturated carbocycles. The summed E-state index contributed by atoms with van der Waals surface area (Å²) in [4.78, 5) is 17.6. The van der Waals surface area contributed by atoms with Crippen molar-refractivity contribution in [3.05, 3.63) is 23.9 Å². The Morgan fingerprint density at radius 2 is 2.00 bits per heavy atom. The van der Waals surface area contributed by atoms with Crippen molar-refractivity contribution in [3.63, 3.8) is 0 Å². The first-order valence-corrected chi connectivity index (χ1v) is 4.73. The van der Waals surface area contributed by atoms with Crippen LogP contribution in [0.4, 0.5) is 5.82 Å². The Labute approximate surface area is 89.6 Å². The molecular weight excluding hydrogens is 192 g/mol. The number of rotatable bonds is 3. The lowest BCUT2D eigenvalue weighted by Crippen LogP contribution is -2.31. The molecule has 0 aromatic carbocycles. The molecule has 0 aliphatic heterocycles. The molecule has 82 valence electrons. The summed E-state index contributed by atoms with van der Waals surface area (Å²) < 4.78 is 0. The molecule has 1 aromatic rings. The van der Waals surface area contributed by atoms with Gasteiger partial charge in [-0.3, -0.25) is 4.79 Å². The van der Waals surface area contributed by atoms with E-state index in [0.717, 1.165) is 5.82 Å². The van der Waals surface area contributed by atoms with Crippen molar-refractivity contribution in [1.29, 1.82) is 0 Å². The van der Waals surface area contributed by atoms with Crippen molar-refractivity contribution in [2.75, 3.05) is 19.0 Å². The van der Waals surface area contributed by atoms with Gasteiger partial charge >= 0.3 is 0 Å². The zero-order valence-electron chi connectivity index (χ0n) is 9.48. The number of anilines is 1. The molecule has 15 heavy (non-hydrogen) atoms. The van der Waals surface area contributed by atoms with E-state index in [2.05, 4.69) is 4.98 Å². The van der Waals surface area contributed by atoms with Crippen molar-refractivity contribution >= 4 is 11.6 Å². The van der Waals surface area contributed by atoms with Gasteiger partial charge in [0.1, 0.15) is 11.4 Å². The lowest BCUT2D eigenvalue weighted by atomic mass is 9.98. The van der Waals surface area contributed by atoms with Gasteiger partial charge in [-0.05, 0) is 26.0 Å². The highest BCUT2D eigenvalue weighted by molar-refractivity contribution is 6.01. The van der Waals surface area contributed by atoms with Crippen LogP contribution >= 0.6 is 0 Å². The fraction of sp³-hybridized carbons (Fsp3) is 0.455. The van der Waals surface area contributed by atoms with Gasteiger partial charge in [0.15, 0.2) is 5.78 Å². The fourth-order valence-corrected chi connectivity index (χ4v) is 1.14. The van der Waals surface area contributed by atoms with Crippen LogP contribution in [0.3, 0.4) is 0 Å². The molecule has 0 aliphatic rings. The van der Waals surface area contributed by atoms with Crippen molar-refractivity contribution in [2.45, 2.75) is 19.4 Å². The number of ketones is 1. The number of carbonyl (C=O) groups excluding carboxylic acids is 1. The average molecular weight is 208 g/mol. The SMILES string of the molecule is CN(C)c1ccc(C(=O)C(C)(C)O)cn1. The van der Waals surface area contributed by atoms with Crippen LogP contribution in [0.2, 0.25) is 0 Å². The molecule has 4 nitrogen and oxygen atoms in total. The fourth-order valence-electron chi connectivity index (χ4n) is 1.14. The Bertz CT molecular complexity index is 350. The van der Waals surface area contributed by atoms with Gasteiger partial charge in [-0.2, -0.15) is 0 Å². The van der Waals surface area contributed by atoms with Gasteiger partial charge in [0.25, 0.3) is 0 Å². The number of aliphatic hydroxyl groups is 1. The van der Waals surface area contributed by atoms with Gasteiger partial charge in [-0.25, -0.2) is 4.98 Å². The van der Waals surface area contributed by atoms with E-state index in [-0.39, 0.29) is 5.78 Å². The maximum absolute atomic E-state index is 11.6. The maximum Gasteiger partial charge on any atom is 0.195 e. The standard InChI is InChI=1S/C11H16N2O2/c1-11(2,15)10(14)8-5-6-9(12-7-8)13(3)4/h5-7,15H,1-4H3. The topological polar surface area (TPSA) is 53.4 Å². The van der Waals surface area contributed by atoms with E-state index >= 15 is 0 Å². The highest BCUT2D eigenvalue weighted by Crippen LogP contribution is 2.14. The predicted molar refractivity (Wildman–Crippen MR) is 59.2 cm³/mol. The number of nitrogens with zero attached hydrogens (tertiary/aromatic N) is 2. The molecule has 0 saturated heterocycles. The molecule has 1 aromatic heterocycles. The molecule has 4 heteroatoms. The molecule has 0 unspecified atom stereocenters. The number of aromatic nitrogens is 1. The number of carbonyl (C=O) groups is 1. The summed E-state index contributed by atoms with van der Waals surface area (Å²) in [6, 6.07) is 3.42. The van der Waals surface area contributed by atoms with Gasteiger partial charge in [-0.15, -0.1) is 0 Å². The Morgan fingerprint density at radius 3 is 2.33 bits per heavy atom. The molecule has 0 atom stereocenters. The van der Waals surface area contributed by atoms with Crippen molar-refractivity contribution in [2.24, 2.45) is 0 Å². The quantitative estimate of drug-likeness (QED) is 0.756. The Balaban J connectivity index is 2.95. The zero-order chi connectivity index (χ0) is 11.6. The molecule has 1 N–H and O–H groups in total. The predicted octanol–water partition coefficient (Wildman–Crippen LogP) is 1.10. The summed E-state index contributed by atoms with van der Waals surface area (Å²) in [5.41, 5.74) is -0.922. The van der Waals surface area contributed by atoms with Crippen LogP contribution in [-0.4, -0.2) is 35.6 Å². The van der Waals surface area contributed by atoms with Crippen molar-refractivity contribution in [1.82, 2.24) is 4.98 Å². The molecule has 0 fully saturated rings. The van der Waals surface area contributed by atoms with E-state index in [1.54, 1.807) is 12.1 Å². The molecule has 0 radical (unpaired) electrons. The minimum Gasteiger partial charge on any atom is -0.382 e. The van der Waals surface area contributed by atoms with E-state index in [9.17, 15) is 9.90 Å². The van der Waals surface area contributed by atoms with E-state index < -0.39 is 5.60 Å². The van der Waals surface area contributed by atoms with E-state index in [1.165, 1.54) is 20.0 Å². The molecule has 0 aliphatic carbocycles. The van der Waals surface area contributed by atoms with Gasteiger partial charge in [0.05, 0.1) is 0 Å². The Kier molecular flexibility index (Phi) is 3.09. The second-order valence-electron chi connectivity index (χ2n) is 4.19. The minimum atomic E-state index is -1.35. The highest BCUT2D eigenvalue weighted by Gasteiger charge is 2.25. The lowest BCUT2D eigenvalue weighted by Gasteiger charge is -2.16. The van der Waals surface area contributed by atoms with Crippen LogP contribution in [0, 0.1) is 0 Å². The second kappa shape index (κ2) is 3.98. The lowest BCUT2D eigenvalue weighted by molar-refractivity contribution is 0.0487. The molecular formula is C11H16N2O2. The van der Waals surface area contributed by atoms with Crippen LogP contribution in [-0.2, 0) is 0 Å². The molecule has 1 rings (SSSR count). The third kappa shape index (κ3) is 2.76. The highest BCUT2D eigenvalue weighted by atomic mass is 16.3. The number of pyridine rings is 1. The van der Waals surface area contributed by atoms with Crippen molar-refractivity contribution < 1.29 is 9.90 Å². The maximum atomic E-state index is 11.6. The Morgan fingerprint density at radius 1 is 1.40 bits per heavy atom. The third-order valence-corrected chi connectivity index (χ3v) is 2.02. The van der Waals surface area contributed by atoms with Gasteiger partial charge < -0.3 is 10.0 Å². The van der Waals surface area contributed by atoms with Crippen LogP contribution in [0.1, 0.15) is 24.2 Å². The molecule has 1 heterocycles. The smallest absolute Gasteiger partial charge is 0.195 e. The van der Waals surface area contributed by atoms with Gasteiger partial charge in [0.2, 0.25) is 0 Å². The number of hydrogen-bond donors (Lipinski definition) is 1. The Hall–Kier alpha value is -1.42. The third-order valence-electron chi connectivity index (χ3n) is 2.02. The summed E-state index contributed by atoms with van der Waals surface area (Å²) in [5, 5.41) is 9.53. The molecule has 0 amide bonds. The summed E-state index contributed by atoms with van der Waals surface area (Å²) in [6.07, 6.45) is 1.48. The summed E-state index contributed by atoms with van der Waals surface area (Å²) in [5.74, 6) is 0.461. The first kappa shape index (κ1) is 11.7. The second-order valence-corrected chi connectivity index (χ2v) is 4.19. The largest absolute Gasteiger partial charge is 0.382 e. The zero-order valence-corrected chi connectivity index (χ0v) is 9.48. The summed E-state index contributed by atoms with van der Waals surface area (Å²) >= 11 is 0. The summed E-state index contributed by atoms with van der Waals surface area (Å²) in [7, 11) is 3.75. The van der Waals surface area contributed by atoms with E-state index in [4.69, 9.17) is 0 Å². The molecule has 0 spiro atoms. The first-order valence-electron chi connectivity index (χ1n) is 4.73. The van der Waals surface area contributed by atoms with Crippen LogP contribution in [0.5, 0.6) is 0 Å². The van der Waals surface area contributed by atoms with Crippen molar-refractivity contribution in [3.8, 4) is 0 Å². The van der Waals surface area contributed by atoms with Gasteiger partial charge in [-0.1, -0.05) is 0 Å². The van der Waals surface area contributed by atoms with Gasteiger partial charge in [0, 0.05) is 25.9 Å². The van der Waals surface area contributed by atoms with Crippen LogP contribution in [0.15, 0.2) is 18.3 Å². The van der Waals surface area contributed by atoms with E-state index in [1.807, 2.05) is 19.0 Å². The summed E-state index contributed by atoms with van der Waals surface area (Å²) in [6.45, 7) is 2.93. The average Bonchev–Trinajstić information content (AvgIpc) is 2.15. The molecule has 0 bridgehead atoms.